The molecule has 0 amide bonds. The van der Waals surface area contributed by atoms with Crippen LogP contribution in [0, 0.1) is 0 Å². The quantitative estimate of drug-likeness (QED) is 0.750. The van der Waals surface area contributed by atoms with Crippen molar-refractivity contribution in [3.63, 3.8) is 0 Å². The van der Waals surface area contributed by atoms with Crippen molar-refractivity contribution in [2.24, 2.45) is 0 Å². The fourth-order valence-corrected chi connectivity index (χ4v) is 4.69. The van der Waals surface area contributed by atoms with E-state index in [4.69, 9.17) is 9.47 Å². The van der Waals surface area contributed by atoms with Gasteiger partial charge in [0.25, 0.3) is 5.56 Å². The zero-order chi connectivity index (χ0) is 18.2. The predicted octanol–water partition coefficient (Wildman–Crippen LogP) is 3.48. The Morgan fingerprint density at radius 1 is 1.19 bits per heavy atom. The van der Waals surface area contributed by atoms with Crippen molar-refractivity contribution in [1.82, 2.24) is 14.9 Å². The molecule has 4 heterocycles. The van der Waals surface area contributed by atoms with E-state index in [0.717, 1.165) is 48.6 Å². The summed E-state index contributed by atoms with van der Waals surface area (Å²) in [6.45, 7) is 3.02. The van der Waals surface area contributed by atoms with Crippen molar-refractivity contribution < 1.29 is 9.47 Å². The number of fused-ring (bicyclic) bond motifs is 2. The number of thiophene rings is 1. The monoisotopic (exact) mass is 383 g/mol. The van der Waals surface area contributed by atoms with E-state index in [1.165, 1.54) is 16.9 Å². The van der Waals surface area contributed by atoms with Crippen molar-refractivity contribution in [2.45, 2.75) is 31.8 Å². The highest BCUT2D eigenvalue weighted by Crippen LogP contribution is 2.38. The van der Waals surface area contributed by atoms with Crippen LogP contribution in [0.4, 0.5) is 0 Å². The summed E-state index contributed by atoms with van der Waals surface area (Å²) in [5.74, 6) is 2.39. The Labute approximate surface area is 160 Å². The SMILES string of the molecule is O=c1[nH]c(CN2CCC[C@@H]2c2ccc3c(c2)OCCCO3)nc2ccsc12. The number of aromatic amines is 1. The van der Waals surface area contributed by atoms with E-state index in [2.05, 4.69) is 27.0 Å². The van der Waals surface area contributed by atoms with Crippen molar-refractivity contribution in [2.75, 3.05) is 19.8 Å². The fourth-order valence-electron chi connectivity index (χ4n) is 3.97. The zero-order valence-corrected chi connectivity index (χ0v) is 15.8. The highest BCUT2D eigenvalue weighted by molar-refractivity contribution is 7.17. The zero-order valence-electron chi connectivity index (χ0n) is 14.9. The van der Waals surface area contributed by atoms with E-state index >= 15 is 0 Å². The molecule has 6 nitrogen and oxygen atoms in total. The molecule has 1 aromatic carbocycles. The molecule has 0 radical (unpaired) electrons. The van der Waals surface area contributed by atoms with E-state index in [0.29, 0.717) is 30.5 Å². The molecule has 2 aromatic heterocycles. The summed E-state index contributed by atoms with van der Waals surface area (Å²) in [5.41, 5.74) is 1.97. The minimum atomic E-state index is -0.0451. The number of nitrogens with zero attached hydrogens (tertiary/aromatic N) is 2. The molecule has 5 rings (SSSR count). The molecule has 0 aliphatic carbocycles. The molecule has 0 saturated carbocycles. The lowest BCUT2D eigenvalue weighted by molar-refractivity contribution is 0.241. The smallest absolute Gasteiger partial charge is 0.268 e. The number of hydrogen-bond acceptors (Lipinski definition) is 6. The third kappa shape index (κ3) is 3.21. The van der Waals surface area contributed by atoms with Crippen molar-refractivity contribution >= 4 is 21.6 Å². The number of hydrogen-bond donors (Lipinski definition) is 1. The minimum absolute atomic E-state index is 0.0451. The van der Waals surface area contributed by atoms with E-state index < -0.39 is 0 Å². The van der Waals surface area contributed by atoms with Crippen molar-refractivity contribution in [3.8, 4) is 11.5 Å². The van der Waals surface area contributed by atoms with Crippen LogP contribution in [0.5, 0.6) is 11.5 Å². The molecular formula is C20H21N3O3S. The first-order valence-electron chi connectivity index (χ1n) is 9.38. The van der Waals surface area contributed by atoms with Gasteiger partial charge in [-0.05, 0) is 48.5 Å². The van der Waals surface area contributed by atoms with Crippen LogP contribution in [0.3, 0.4) is 0 Å². The Bertz CT molecular complexity index is 1030. The molecule has 1 fully saturated rings. The van der Waals surface area contributed by atoms with Gasteiger partial charge in [-0.15, -0.1) is 11.3 Å². The summed E-state index contributed by atoms with van der Waals surface area (Å²) in [6.07, 6.45) is 3.12. The Kier molecular flexibility index (Phi) is 4.33. The number of H-pyrrole nitrogens is 1. The van der Waals surface area contributed by atoms with Crippen molar-refractivity contribution in [3.05, 3.63) is 51.4 Å². The molecule has 1 N–H and O–H groups in total. The van der Waals surface area contributed by atoms with Gasteiger partial charge in [0, 0.05) is 12.5 Å². The number of benzene rings is 1. The molecule has 0 spiro atoms. The van der Waals surface area contributed by atoms with Gasteiger partial charge in [0.15, 0.2) is 11.5 Å². The lowest BCUT2D eigenvalue weighted by Gasteiger charge is -2.25. The maximum absolute atomic E-state index is 12.2. The number of rotatable bonds is 3. The number of aromatic nitrogens is 2. The third-order valence-corrected chi connectivity index (χ3v) is 6.14. The largest absolute Gasteiger partial charge is 0.490 e. The van der Waals surface area contributed by atoms with Gasteiger partial charge >= 0.3 is 0 Å². The normalized spacial score (nSPS) is 20.1. The second kappa shape index (κ2) is 6.98. The second-order valence-corrected chi connectivity index (χ2v) is 7.95. The van der Waals surface area contributed by atoms with Crippen LogP contribution < -0.4 is 15.0 Å². The third-order valence-electron chi connectivity index (χ3n) is 5.24. The lowest BCUT2D eigenvalue weighted by atomic mass is 10.0. The minimum Gasteiger partial charge on any atom is -0.490 e. The number of nitrogens with one attached hydrogen (secondary N) is 1. The summed E-state index contributed by atoms with van der Waals surface area (Å²) >= 11 is 1.43. The molecule has 0 unspecified atom stereocenters. The molecule has 1 saturated heterocycles. The molecule has 1 atom stereocenters. The Balaban J connectivity index is 1.41. The van der Waals surface area contributed by atoms with Crippen LogP contribution in [0.2, 0.25) is 0 Å². The highest BCUT2D eigenvalue weighted by atomic mass is 32.1. The average Bonchev–Trinajstić information content (AvgIpc) is 3.26. The first-order valence-corrected chi connectivity index (χ1v) is 10.3. The summed E-state index contributed by atoms with van der Waals surface area (Å²) in [4.78, 5) is 22.2. The van der Waals surface area contributed by atoms with Gasteiger partial charge in [-0.25, -0.2) is 4.98 Å². The maximum atomic E-state index is 12.2. The van der Waals surface area contributed by atoms with Crippen LogP contribution in [0.25, 0.3) is 10.2 Å². The van der Waals surface area contributed by atoms with Crippen LogP contribution in [-0.2, 0) is 6.54 Å². The van der Waals surface area contributed by atoms with Gasteiger partial charge in [0.1, 0.15) is 10.5 Å². The second-order valence-electron chi connectivity index (χ2n) is 7.03. The van der Waals surface area contributed by atoms with Gasteiger partial charge < -0.3 is 14.5 Å². The predicted molar refractivity (Wildman–Crippen MR) is 105 cm³/mol. The number of likely N-dealkylation sites (tertiary alicyclic amines) is 1. The van der Waals surface area contributed by atoms with Crippen molar-refractivity contribution in [1.29, 1.82) is 0 Å². The molecule has 27 heavy (non-hydrogen) atoms. The average molecular weight is 383 g/mol. The molecular weight excluding hydrogens is 362 g/mol. The van der Waals surface area contributed by atoms with Gasteiger partial charge in [0.2, 0.25) is 0 Å². The maximum Gasteiger partial charge on any atom is 0.268 e. The molecule has 0 bridgehead atoms. The molecule has 140 valence electrons. The van der Waals surface area contributed by atoms with Gasteiger partial charge in [0.05, 0.1) is 25.3 Å². The Hall–Kier alpha value is -2.38. The molecule has 7 heteroatoms. The fraction of sp³-hybridized carbons (Fsp3) is 0.400. The summed E-state index contributed by atoms with van der Waals surface area (Å²) in [6, 6.07) is 8.47. The van der Waals surface area contributed by atoms with Crippen LogP contribution in [0.1, 0.15) is 36.7 Å². The van der Waals surface area contributed by atoms with Crippen LogP contribution in [0.15, 0.2) is 34.4 Å². The van der Waals surface area contributed by atoms with E-state index in [1.54, 1.807) is 0 Å². The summed E-state index contributed by atoms with van der Waals surface area (Å²) in [5, 5.41) is 1.91. The van der Waals surface area contributed by atoms with Gasteiger partial charge in [-0.3, -0.25) is 9.69 Å². The Morgan fingerprint density at radius 2 is 2.07 bits per heavy atom. The van der Waals surface area contributed by atoms with Crippen LogP contribution >= 0.6 is 11.3 Å². The van der Waals surface area contributed by atoms with Gasteiger partial charge in [-0.1, -0.05) is 6.07 Å². The number of ether oxygens (including phenoxy) is 2. The highest BCUT2D eigenvalue weighted by Gasteiger charge is 2.28. The first-order chi connectivity index (χ1) is 13.3. The van der Waals surface area contributed by atoms with E-state index in [1.807, 2.05) is 17.5 Å². The molecule has 2 aliphatic rings. The summed E-state index contributed by atoms with van der Waals surface area (Å²) in [7, 11) is 0. The molecule has 3 aromatic rings. The van der Waals surface area contributed by atoms with Gasteiger partial charge in [-0.2, -0.15) is 0 Å². The lowest BCUT2D eigenvalue weighted by Crippen LogP contribution is -2.25. The Morgan fingerprint density at radius 3 is 3.00 bits per heavy atom. The van der Waals surface area contributed by atoms with E-state index in [-0.39, 0.29) is 5.56 Å². The first kappa shape index (κ1) is 16.8. The standard InChI is InChI=1S/C20H21N3O3S/c24-20-19-14(6-10-27-19)21-18(22-20)12-23-7-1-3-15(23)13-4-5-16-17(11-13)26-9-2-8-25-16/h4-6,10-11,15H,1-3,7-9,12H2,(H,21,22,24)/t15-/m1/s1. The summed E-state index contributed by atoms with van der Waals surface area (Å²) < 4.78 is 12.3. The molecule has 2 aliphatic heterocycles. The topological polar surface area (TPSA) is 67.5 Å². The van der Waals surface area contributed by atoms with E-state index in [9.17, 15) is 4.79 Å². The van der Waals surface area contributed by atoms with Crippen LogP contribution in [-0.4, -0.2) is 34.6 Å².